The molecule has 102 valence electrons. The summed E-state index contributed by atoms with van der Waals surface area (Å²) in [6.07, 6.45) is 0.849. The van der Waals surface area contributed by atoms with Gasteiger partial charge in [-0.15, -0.1) is 11.3 Å². The van der Waals surface area contributed by atoms with Gasteiger partial charge in [-0.25, -0.2) is 4.39 Å². The van der Waals surface area contributed by atoms with Crippen molar-refractivity contribution < 1.29 is 4.39 Å². The van der Waals surface area contributed by atoms with E-state index in [9.17, 15) is 4.39 Å². The zero-order chi connectivity index (χ0) is 14.0. The molecule has 0 bridgehead atoms. The van der Waals surface area contributed by atoms with Crippen molar-refractivity contribution in [1.82, 2.24) is 5.32 Å². The van der Waals surface area contributed by atoms with Gasteiger partial charge in [0.25, 0.3) is 0 Å². The predicted molar refractivity (Wildman–Crippen MR) is 86.4 cm³/mol. The van der Waals surface area contributed by atoms with Gasteiger partial charge in [0, 0.05) is 15.4 Å². The van der Waals surface area contributed by atoms with Crippen molar-refractivity contribution in [2.75, 3.05) is 7.05 Å². The largest absolute Gasteiger partial charge is 0.312 e. The molecule has 0 spiro atoms. The summed E-state index contributed by atoms with van der Waals surface area (Å²) < 4.78 is 15.3. The molecule has 0 radical (unpaired) electrons. The molecule has 1 nitrogen and oxygen atoms in total. The van der Waals surface area contributed by atoms with Gasteiger partial charge in [-0.3, -0.25) is 0 Å². The highest BCUT2D eigenvalue weighted by Gasteiger charge is 2.15. The SMILES string of the molecule is CNC(Cc1ccc(F)cc1C)c1cc(Br)c(Br)s1. The topological polar surface area (TPSA) is 12.0 Å². The van der Waals surface area contributed by atoms with Gasteiger partial charge in [0.2, 0.25) is 0 Å². The molecule has 1 heterocycles. The number of aryl methyl sites for hydroxylation is 1. The second-order valence-corrected chi connectivity index (χ2v) is 7.64. The highest BCUT2D eigenvalue weighted by molar-refractivity contribution is 9.13. The maximum atomic E-state index is 13.1. The Morgan fingerprint density at radius 3 is 2.58 bits per heavy atom. The number of thiophene rings is 1. The molecule has 0 fully saturated rings. The lowest BCUT2D eigenvalue weighted by Crippen LogP contribution is -2.18. The first-order valence-corrected chi connectivity index (χ1v) is 8.28. The first kappa shape index (κ1) is 15.2. The fourth-order valence-electron chi connectivity index (χ4n) is 1.99. The summed E-state index contributed by atoms with van der Waals surface area (Å²) in [6.45, 7) is 1.95. The summed E-state index contributed by atoms with van der Waals surface area (Å²) in [7, 11) is 1.95. The van der Waals surface area contributed by atoms with E-state index in [0.717, 1.165) is 20.2 Å². The smallest absolute Gasteiger partial charge is 0.123 e. The lowest BCUT2D eigenvalue weighted by Gasteiger charge is -2.16. The molecule has 1 aromatic carbocycles. The van der Waals surface area contributed by atoms with Crippen molar-refractivity contribution in [1.29, 1.82) is 0 Å². The summed E-state index contributed by atoms with van der Waals surface area (Å²) >= 11 is 8.73. The van der Waals surface area contributed by atoms with Crippen molar-refractivity contribution in [2.45, 2.75) is 19.4 Å². The second kappa shape index (κ2) is 6.48. The predicted octanol–water partition coefficient (Wildman–Crippen LogP) is 5.22. The van der Waals surface area contributed by atoms with Crippen LogP contribution in [-0.4, -0.2) is 7.05 Å². The molecule has 2 aromatic rings. The van der Waals surface area contributed by atoms with E-state index in [1.54, 1.807) is 17.4 Å². The van der Waals surface area contributed by atoms with E-state index in [-0.39, 0.29) is 11.9 Å². The van der Waals surface area contributed by atoms with Crippen LogP contribution in [0.3, 0.4) is 0 Å². The molecule has 0 aliphatic heterocycles. The van der Waals surface area contributed by atoms with Gasteiger partial charge in [0.05, 0.1) is 3.79 Å². The highest BCUT2D eigenvalue weighted by atomic mass is 79.9. The van der Waals surface area contributed by atoms with Crippen LogP contribution in [0.2, 0.25) is 0 Å². The van der Waals surface area contributed by atoms with Crippen molar-refractivity contribution in [3.05, 3.63) is 54.3 Å². The molecule has 0 amide bonds. The van der Waals surface area contributed by atoms with Gasteiger partial charge in [-0.2, -0.15) is 0 Å². The zero-order valence-electron chi connectivity index (χ0n) is 10.6. The van der Waals surface area contributed by atoms with Crippen molar-refractivity contribution in [2.24, 2.45) is 0 Å². The number of hydrogen-bond donors (Lipinski definition) is 1. The number of hydrogen-bond acceptors (Lipinski definition) is 2. The first-order chi connectivity index (χ1) is 9.01. The number of likely N-dealkylation sites (N-methyl/N-ethyl adjacent to an activating group) is 1. The standard InChI is InChI=1S/C14H14Br2FNS/c1-8-5-10(17)4-3-9(8)6-12(18-2)13-7-11(15)14(16)19-13/h3-5,7,12,18H,6H2,1-2H3. The maximum absolute atomic E-state index is 13.1. The number of rotatable bonds is 4. The molecule has 5 heteroatoms. The zero-order valence-corrected chi connectivity index (χ0v) is 14.6. The summed E-state index contributed by atoms with van der Waals surface area (Å²) in [6, 6.07) is 7.33. The second-order valence-electron chi connectivity index (χ2n) is 4.39. The number of benzene rings is 1. The molecule has 1 N–H and O–H groups in total. The fraction of sp³-hybridized carbons (Fsp3) is 0.286. The molecular formula is C14H14Br2FNS. The minimum atomic E-state index is -0.177. The monoisotopic (exact) mass is 405 g/mol. The Hall–Kier alpha value is -0.230. The lowest BCUT2D eigenvalue weighted by atomic mass is 10.0. The van der Waals surface area contributed by atoms with Crippen LogP contribution in [0.4, 0.5) is 4.39 Å². The average molecular weight is 407 g/mol. The Labute approximate surface area is 133 Å². The molecule has 1 atom stereocenters. The third-order valence-corrected chi connectivity index (χ3v) is 6.45. The van der Waals surface area contributed by atoms with Gasteiger partial charge in [0.15, 0.2) is 0 Å². The lowest BCUT2D eigenvalue weighted by molar-refractivity contribution is 0.595. The maximum Gasteiger partial charge on any atom is 0.123 e. The van der Waals surface area contributed by atoms with Gasteiger partial charge in [0.1, 0.15) is 5.82 Å². The molecule has 0 aliphatic carbocycles. The van der Waals surface area contributed by atoms with Crippen LogP contribution in [0.5, 0.6) is 0 Å². The summed E-state index contributed by atoms with van der Waals surface area (Å²) in [5, 5.41) is 3.32. The number of halogens is 3. The van der Waals surface area contributed by atoms with Gasteiger partial charge in [-0.05, 0) is 81.6 Å². The van der Waals surface area contributed by atoms with E-state index in [2.05, 4.69) is 43.2 Å². The van der Waals surface area contributed by atoms with Gasteiger partial charge in [-0.1, -0.05) is 6.07 Å². The normalized spacial score (nSPS) is 12.7. The third kappa shape index (κ3) is 3.66. The molecule has 0 aliphatic rings. The third-order valence-electron chi connectivity index (χ3n) is 3.08. The highest BCUT2D eigenvalue weighted by Crippen LogP contribution is 2.36. The Kier molecular flexibility index (Phi) is 5.17. The minimum Gasteiger partial charge on any atom is -0.312 e. The van der Waals surface area contributed by atoms with Crippen molar-refractivity contribution >= 4 is 43.2 Å². The van der Waals surface area contributed by atoms with Crippen LogP contribution >= 0.6 is 43.2 Å². The quantitative estimate of drug-likeness (QED) is 0.733. The van der Waals surface area contributed by atoms with Crippen LogP contribution in [-0.2, 0) is 6.42 Å². The molecule has 2 rings (SSSR count). The molecule has 0 saturated carbocycles. The van der Waals surface area contributed by atoms with E-state index in [1.165, 1.54) is 16.5 Å². The van der Waals surface area contributed by atoms with Crippen molar-refractivity contribution in [3.8, 4) is 0 Å². The Bertz CT molecular complexity index is 563. The number of nitrogens with one attached hydrogen (secondary N) is 1. The van der Waals surface area contributed by atoms with Crippen LogP contribution in [0, 0.1) is 12.7 Å². The van der Waals surface area contributed by atoms with E-state index in [0.29, 0.717) is 0 Å². The van der Waals surface area contributed by atoms with E-state index >= 15 is 0 Å². The Morgan fingerprint density at radius 2 is 2.05 bits per heavy atom. The molecule has 0 saturated heterocycles. The first-order valence-electron chi connectivity index (χ1n) is 5.88. The van der Waals surface area contributed by atoms with E-state index < -0.39 is 0 Å². The molecule has 19 heavy (non-hydrogen) atoms. The van der Waals surface area contributed by atoms with Gasteiger partial charge >= 0.3 is 0 Å². The molecule has 1 aromatic heterocycles. The average Bonchev–Trinajstić information content (AvgIpc) is 2.68. The minimum absolute atomic E-state index is 0.177. The van der Waals surface area contributed by atoms with E-state index in [1.807, 2.05) is 20.0 Å². The fourth-order valence-corrected chi connectivity index (χ4v) is 4.19. The van der Waals surface area contributed by atoms with E-state index in [4.69, 9.17) is 0 Å². The Morgan fingerprint density at radius 1 is 1.32 bits per heavy atom. The summed E-state index contributed by atoms with van der Waals surface area (Å²) in [5.41, 5.74) is 2.16. The van der Waals surface area contributed by atoms with Gasteiger partial charge < -0.3 is 5.32 Å². The summed E-state index contributed by atoms with van der Waals surface area (Å²) in [4.78, 5) is 1.25. The molecular weight excluding hydrogens is 393 g/mol. The van der Waals surface area contributed by atoms with Crippen LogP contribution in [0.15, 0.2) is 32.5 Å². The van der Waals surface area contributed by atoms with Crippen LogP contribution < -0.4 is 5.32 Å². The molecule has 1 unspecified atom stereocenters. The Balaban J connectivity index is 2.23. The van der Waals surface area contributed by atoms with Crippen LogP contribution in [0.1, 0.15) is 22.0 Å². The van der Waals surface area contributed by atoms with Crippen LogP contribution in [0.25, 0.3) is 0 Å². The summed E-state index contributed by atoms with van der Waals surface area (Å²) in [5.74, 6) is -0.177. The van der Waals surface area contributed by atoms with Crippen molar-refractivity contribution in [3.63, 3.8) is 0 Å².